The predicted molar refractivity (Wildman–Crippen MR) is 124 cm³/mol. The quantitative estimate of drug-likeness (QED) is 0.432. The summed E-state index contributed by atoms with van der Waals surface area (Å²) in [5, 5.41) is 19.2. The van der Waals surface area contributed by atoms with Crippen molar-refractivity contribution in [2.45, 2.75) is 37.7 Å². The zero-order valence-electron chi connectivity index (χ0n) is 18.5. The second-order valence-electron chi connectivity index (χ2n) is 9.17. The van der Waals surface area contributed by atoms with Gasteiger partial charge in [0.05, 0.1) is 23.3 Å². The summed E-state index contributed by atoms with van der Waals surface area (Å²) in [4.78, 5) is 16.3. The largest absolute Gasteiger partial charge is 0.481 e. The minimum absolute atomic E-state index is 0.175. The molecule has 0 bridgehead atoms. The summed E-state index contributed by atoms with van der Waals surface area (Å²) in [7, 11) is 0. The topological polar surface area (TPSA) is 97.3 Å². The van der Waals surface area contributed by atoms with Gasteiger partial charge in [0.1, 0.15) is 11.9 Å². The monoisotopic (exact) mass is 461 g/mol. The molecule has 7 nitrogen and oxygen atoms in total. The molecule has 0 amide bonds. The fourth-order valence-corrected chi connectivity index (χ4v) is 5.04. The summed E-state index contributed by atoms with van der Waals surface area (Å²) in [6.07, 6.45) is 4.21. The lowest BCUT2D eigenvalue weighted by Crippen LogP contribution is -2.38. The molecule has 1 saturated heterocycles. The van der Waals surface area contributed by atoms with E-state index in [9.17, 15) is 14.3 Å². The molecular weight excluding hydrogens is 437 g/mol. The van der Waals surface area contributed by atoms with Crippen LogP contribution in [0.1, 0.15) is 37.3 Å². The highest BCUT2D eigenvalue weighted by Crippen LogP contribution is 2.43. The number of aromatic nitrogens is 3. The molecule has 4 aromatic rings. The first kappa shape index (κ1) is 21.0. The number of nitrogens with zero attached hydrogens (tertiary/aromatic N) is 2. The van der Waals surface area contributed by atoms with E-state index in [0.717, 1.165) is 51.3 Å². The molecule has 2 aromatic carbocycles. The van der Waals surface area contributed by atoms with Crippen molar-refractivity contribution in [1.29, 1.82) is 0 Å². The average molecular weight is 461 g/mol. The summed E-state index contributed by atoms with van der Waals surface area (Å²) >= 11 is 0. The molecule has 1 saturated carbocycles. The van der Waals surface area contributed by atoms with Crippen molar-refractivity contribution in [3.63, 3.8) is 0 Å². The predicted octanol–water partition coefficient (Wildman–Crippen LogP) is 5.05. The molecule has 0 unspecified atom stereocenters. The van der Waals surface area contributed by atoms with Gasteiger partial charge in [-0.2, -0.15) is 5.10 Å². The van der Waals surface area contributed by atoms with Crippen molar-refractivity contribution in [3.8, 4) is 17.0 Å². The summed E-state index contributed by atoms with van der Waals surface area (Å²) in [6.45, 7) is 1.32. The Bertz CT molecular complexity index is 1370. The van der Waals surface area contributed by atoms with Crippen LogP contribution in [-0.4, -0.2) is 45.6 Å². The molecule has 34 heavy (non-hydrogen) atoms. The molecule has 2 fully saturated rings. The number of carboxylic acids is 1. The van der Waals surface area contributed by atoms with E-state index in [1.807, 2.05) is 6.07 Å². The Hall–Kier alpha value is -3.52. The number of aliphatic carboxylic acids is 1. The van der Waals surface area contributed by atoms with Gasteiger partial charge in [0.15, 0.2) is 0 Å². The lowest BCUT2D eigenvalue weighted by molar-refractivity contribution is -0.148. The van der Waals surface area contributed by atoms with Crippen LogP contribution in [0, 0.1) is 11.7 Å². The van der Waals surface area contributed by atoms with E-state index in [4.69, 9.17) is 14.5 Å². The van der Waals surface area contributed by atoms with Crippen LogP contribution in [0.5, 0.6) is 5.88 Å². The van der Waals surface area contributed by atoms with Crippen molar-refractivity contribution in [2.24, 2.45) is 5.92 Å². The number of aromatic amines is 1. The van der Waals surface area contributed by atoms with Crippen molar-refractivity contribution in [2.75, 3.05) is 13.2 Å². The fraction of sp³-hybridized carbons (Fsp3) is 0.346. The minimum Gasteiger partial charge on any atom is -0.481 e. The summed E-state index contributed by atoms with van der Waals surface area (Å²) in [6, 6.07) is 10.6. The van der Waals surface area contributed by atoms with Gasteiger partial charge < -0.3 is 14.6 Å². The van der Waals surface area contributed by atoms with Crippen LogP contribution in [0.25, 0.3) is 32.8 Å². The number of hydrogen-bond donors (Lipinski definition) is 2. The van der Waals surface area contributed by atoms with Crippen LogP contribution in [0.2, 0.25) is 0 Å². The second-order valence-corrected chi connectivity index (χ2v) is 9.17. The number of hydrogen-bond acceptors (Lipinski definition) is 5. The molecule has 0 spiro atoms. The van der Waals surface area contributed by atoms with Gasteiger partial charge in [0.2, 0.25) is 5.88 Å². The highest BCUT2D eigenvalue weighted by molar-refractivity contribution is 6.06. The first-order chi connectivity index (χ1) is 16.6. The molecule has 2 aromatic heterocycles. The van der Waals surface area contributed by atoms with Crippen molar-refractivity contribution in [3.05, 3.63) is 54.1 Å². The molecule has 6 rings (SSSR count). The number of benzene rings is 2. The summed E-state index contributed by atoms with van der Waals surface area (Å²) in [5.41, 5.74) is 3.63. The standard InChI is InChI=1S/C26H24FN3O4/c27-18-3-1-14(2-4-18)23-20-11-17-13-28-30-22(17)12-21(20)25(34-19-9-16(10-19)26(31)32)29-24(23)15-5-7-33-8-6-15/h1-4,11-13,15-16,19H,5-10H2,(H,28,30)(H,31,32)/t16-,19-. The summed E-state index contributed by atoms with van der Waals surface area (Å²) < 4.78 is 25.7. The lowest BCUT2D eigenvalue weighted by atomic mass is 9.82. The van der Waals surface area contributed by atoms with Gasteiger partial charge >= 0.3 is 5.97 Å². The number of pyridine rings is 1. The number of carbonyl (C=O) groups is 1. The zero-order chi connectivity index (χ0) is 23.2. The maximum Gasteiger partial charge on any atom is 0.306 e. The van der Waals surface area contributed by atoms with Crippen molar-refractivity contribution >= 4 is 27.6 Å². The van der Waals surface area contributed by atoms with E-state index < -0.39 is 5.97 Å². The van der Waals surface area contributed by atoms with E-state index >= 15 is 0 Å². The molecule has 3 heterocycles. The maximum absolute atomic E-state index is 13.8. The van der Waals surface area contributed by atoms with Crippen LogP contribution in [0.4, 0.5) is 4.39 Å². The second kappa shape index (κ2) is 8.36. The van der Waals surface area contributed by atoms with E-state index in [1.54, 1.807) is 18.3 Å². The van der Waals surface area contributed by atoms with Gasteiger partial charge in [-0.25, -0.2) is 9.37 Å². The Morgan fingerprint density at radius 1 is 1.12 bits per heavy atom. The summed E-state index contributed by atoms with van der Waals surface area (Å²) in [5.74, 6) is -0.763. The van der Waals surface area contributed by atoms with Crippen LogP contribution in [0.15, 0.2) is 42.6 Å². The molecule has 0 atom stereocenters. The lowest BCUT2D eigenvalue weighted by Gasteiger charge is -2.33. The fourth-order valence-electron chi connectivity index (χ4n) is 5.04. The van der Waals surface area contributed by atoms with Crippen LogP contribution < -0.4 is 4.74 Å². The van der Waals surface area contributed by atoms with Crippen molar-refractivity contribution < 1.29 is 23.8 Å². The maximum atomic E-state index is 13.8. The number of nitrogens with one attached hydrogen (secondary N) is 1. The van der Waals surface area contributed by atoms with Gasteiger partial charge in [-0.3, -0.25) is 9.89 Å². The number of ether oxygens (including phenoxy) is 2. The number of H-pyrrole nitrogens is 1. The van der Waals surface area contributed by atoms with Gasteiger partial charge in [0, 0.05) is 35.5 Å². The van der Waals surface area contributed by atoms with Gasteiger partial charge in [-0.1, -0.05) is 12.1 Å². The number of carboxylic acid groups (broad SMARTS) is 1. The number of rotatable bonds is 5. The van der Waals surface area contributed by atoms with Crippen molar-refractivity contribution in [1.82, 2.24) is 15.2 Å². The van der Waals surface area contributed by atoms with Gasteiger partial charge in [-0.15, -0.1) is 0 Å². The van der Waals surface area contributed by atoms with Crippen LogP contribution in [-0.2, 0) is 9.53 Å². The van der Waals surface area contributed by atoms with Crippen LogP contribution in [0.3, 0.4) is 0 Å². The van der Waals surface area contributed by atoms with E-state index in [-0.39, 0.29) is 23.8 Å². The highest BCUT2D eigenvalue weighted by atomic mass is 19.1. The van der Waals surface area contributed by atoms with Crippen LogP contribution >= 0.6 is 0 Å². The SMILES string of the molecule is O=C(O)[C@H]1C[C@H](Oc2nc(C3CCOCC3)c(-c3ccc(F)cc3)c3cc4cn[nH]c4cc23)C1. The number of fused-ring (bicyclic) bond motifs is 2. The average Bonchev–Trinajstić information content (AvgIpc) is 3.28. The molecule has 1 aliphatic heterocycles. The third kappa shape index (κ3) is 3.68. The Morgan fingerprint density at radius 2 is 1.88 bits per heavy atom. The number of halogens is 1. The Balaban J connectivity index is 1.55. The molecular formula is C26H24FN3O4. The van der Waals surface area contributed by atoms with E-state index in [1.165, 1.54) is 12.1 Å². The Kier molecular flexibility index (Phi) is 5.17. The zero-order valence-corrected chi connectivity index (χ0v) is 18.5. The first-order valence-electron chi connectivity index (χ1n) is 11.6. The molecule has 174 valence electrons. The molecule has 2 aliphatic rings. The molecule has 1 aliphatic carbocycles. The normalized spacial score (nSPS) is 21.0. The highest BCUT2D eigenvalue weighted by Gasteiger charge is 2.37. The first-order valence-corrected chi connectivity index (χ1v) is 11.6. The minimum atomic E-state index is -0.786. The van der Waals surface area contributed by atoms with Gasteiger partial charge in [0.25, 0.3) is 0 Å². The third-order valence-electron chi connectivity index (χ3n) is 7.02. The van der Waals surface area contributed by atoms with Gasteiger partial charge in [-0.05, 0) is 60.9 Å². The smallest absolute Gasteiger partial charge is 0.306 e. The van der Waals surface area contributed by atoms with E-state index in [2.05, 4.69) is 16.3 Å². The Labute approximate surface area is 194 Å². The van der Waals surface area contributed by atoms with E-state index in [0.29, 0.717) is 31.9 Å². The Morgan fingerprint density at radius 3 is 2.62 bits per heavy atom. The molecule has 2 N–H and O–H groups in total. The third-order valence-corrected chi connectivity index (χ3v) is 7.02. The molecule has 0 radical (unpaired) electrons. The molecule has 8 heteroatoms.